The van der Waals surface area contributed by atoms with Gasteiger partial charge in [0.1, 0.15) is 12.4 Å². The van der Waals surface area contributed by atoms with Crippen molar-refractivity contribution >= 4 is 11.9 Å². The van der Waals surface area contributed by atoms with Gasteiger partial charge in [-0.15, -0.1) is 0 Å². The Kier molecular flexibility index (Phi) is 3.73. The summed E-state index contributed by atoms with van der Waals surface area (Å²) in [5, 5.41) is 0. The van der Waals surface area contributed by atoms with Crippen molar-refractivity contribution in [3.63, 3.8) is 0 Å². The molecule has 0 aliphatic heterocycles. The fourth-order valence-corrected chi connectivity index (χ4v) is 2.12. The molecule has 0 aromatic heterocycles. The maximum absolute atomic E-state index is 11.7. The number of primary amides is 1. The second-order valence-corrected chi connectivity index (χ2v) is 4.68. The summed E-state index contributed by atoms with van der Waals surface area (Å²) in [6.07, 6.45) is 1.47. The minimum Gasteiger partial charge on any atom is -0.449 e. The highest BCUT2D eigenvalue weighted by molar-refractivity contribution is 5.83. The van der Waals surface area contributed by atoms with E-state index >= 15 is 0 Å². The zero-order chi connectivity index (χ0) is 12.3. The summed E-state index contributed by atoms with van der Waals surface area (Å²) in [6, 6.07) is 0. The van der Waals surface area contributed by atoms with E-state index in [1.165, 1.54) is 11.1 Å². The number of amides is 1. The van der Waals surface area contributed by atoms with E-state index in [-0.39, 0.29) is 12.4 Å². The van der Waals surface area contributed by atoms with Gasteiger partial charge in [0.05, 0.1) is 5.41 Å². The summed E-state index contributed by atoms with van der Waals surface area (Å²) in [7, 11) is 0. The van der Waals surface area contributed by atoms with Crippen LogP contribution in [0.5, 0.6) is 0 Å². The number of ether oxygens (including phenoxy) is 1. The van der Waals surface area contributed by atoms with Gasteiger partial charge in [0, 0.05) is 0 Å². The minimum absolute atomic E-state index is 0.0700. The first-order valence-corrected chi connectivity index (χ1v) is 5.46. The molecule has 90 valence electrons. The molecule has 1 aliphatic rings. The molecule has 0 radical (unpaired) electrons. The average molecular weight is 225 g/mol. The van der Waals surface area contributed by atoms with Crippen LogP contribution in [0, 0.1) is 5.41 Å². The quantitative estimate of drug-likeness (QED) is 0.748. The van der Waals surface area contributed by atoms with Gasteiger partial charge < -0.3 is 10.5 Å². The summed E-state index contributed by atoms with van der Waals surface area (Å²) in [4.78, 5) is 22.4. The second-order valence-electron chi connectivity index (χ2n) is 4.68. The van der Waals surface area contributed by atoms with Gasteiger partial charge in [0.15, 0.2) is 0 Å². The molecule has 0 saturated carbocycles. The van der Waals surface area contributed by atoms with Crippen molar-refractivity contribution in [2.24, 2.45) is 11.1 Å². The van der Waals surface area contributed by atoms with Crippen LogP contribution in [0.25, 0.3) is 0 Å². The van der Waals surface area contributed by atoms with Crippen LogP contribution in [0.4, 0.5) is 4.79 Å². The Balaban J connectivity index is 2.84. The molecule has 1 rings (SSSR count). The van der Waals surface area contributed by atoms with Crippen LogP contribution < -0.4 is 5.73 Å². The Labute approximate surface area is 95.8 Å². The molecular formula is C12H19NO3. The third-order valence-electron chi connectivity index (χ3n) is 3.55. The van der Waals surface area contributed by atoms with E-state index in [4.69, 9.17) is 10.5 Å². The number of Topliss-reactive ketones (excluding diaryl/α,β-unsaturated/α-hetero) is 1. The van der Waals surface area contributed by atoms with Crippen LogP contribution in [0.2, 0.25) is 0 Å². The van der Waals surface area contributed by atoms with Crippen molar-refractivity contribution in [3.05, 3.63) is 11.1 Å². The average Bonchev–Trinajstić information content (AvgIpc) is 2.20. The molecular weight excluding hydrogens is 206 g/mol. The highest BCUT2D eigenvalue weighted by atomic mass is 16.5. The number of hydrogen-bond acceptors (Lipinski definition) is 3. The zero-order valence-electron chi connectivity index (χ0n) is 10.1. The highest BCUT2D eigenvalue weighted by Crippen LogP contribution is 2.40. The molecule has 2 N–H and O–H groups in total. The number of allylic oxidation sites excluding steroid dienone is 2. The Bertz CT molecular complexity index is 346. The van der Waals surface area contributed by atoms with E-state index in [9.17, 15) is 9.59 Å². The third kappa shape index (κ3) is 2.62. The van der Waals surface area contributed by atoms with Gasteiger partial charge in [-0.1, -0.05) is 11.1 Å². The molecule has 4 heteroatoms. The molecule has 1 amide bonds. The lowest BCUT2D eigenvalue weighted by Crippen LogP contribution is -2.38. The topological polar surface area (TPSA) is 69.4 Å². The van der Waals surface area contributed by atoms with E-state index in [2.05, 4.69) is 6.92 Å². The van der Waals surface area contributed by atoms with E-state index in [1.807, 2.05) is 6.92 Å². The van der Waals surface area contributed by atoms with Crippen molar-refractivity contribution in [1.29, 1.82) is 0 Å². The van der Waals surface area contributed by atoms with Crippen LogP contribution >= 0.6 is 0 Å². The number of carbonyl (C=O) groups excluding carboxylic acids is 2. The Morgan fingerprint density at radius 1 is 1.38 bits per heavy atom. The lowest BCUT2D eigenvalue weighted by atomic mass is 9.70. The van der Waals surface area contributed by atoms with Crippen LogP contribution in [0.3, 0.4) is 0 Å². The predicted molar refractivity (Wildman–Crippen MR) is 60.9 cm³/mol. The number of hydrogen-bond donors (Lipinski definition) is 1. The zero-order valence-corrected chi connectivity index (χ0v) is 10.1. The maximum atomic E-state index is 11.7. The lowest BCUT2D eigenvalue weighted by Gasteiger charge is -2.35. The number of rotatable bonds is 3. The molecule has 4 nitrogen and oxygen atoms in total. The monoisotopic (exact) mass is 225 g/mol. The van der Waals surface area contributed by atoms with Crippen LogP contribution in [0.1, 0.15) is 40.0 Å². The summed E-state index contributed by atoms with van der Waals surface area (Å²) in [5.74, 6) is 0.0700. The molecule has 0 heterocycles. The van der Waals surface area contributed by atoms with Crippen molar-refractivity contribution in [3.8, 4) is 0 Å². The molecule has 0 aromatic rings. The van der Waals surface area contributed by atoms with E-state index in [0.29, 0.717) is 6.42 Å². The summed E-state index contributed by atoms with van der Waals surface area (Å²) < 4.78 is 4.83. The summed E-state index contributed by atoms with van der Waals surface area (Å²) in [5.41, 5.74) is 6.94. The molecule has 1 atom stereocenters. The smallest absolute Gasteiger partial charge is 0.404 e. The van der Waals surface area contributed by atoms with Gasteiger partial charge in [0.2, 0.25) is 0 Å². The lowest BCUT2D eigenvalue weighted by molar-refractivity contribution is -0.129. The molecule has 16 heavy (non-hydrogen) atoms. The fourth-order valence-electron chi connectivity index (χ4n) is 2.12. The first-order chi connectivity index (χ1) is 7.37. The minimum atomic E-state index is -0.815. The molecule has 1 aliphatic carbocycles. The van der Waals surface area contributed by atoms with Crippen LogP contribution in [0.15, 0.2) is 11.1 Å². The van der Waals surface area contributed by atoms with Crippen molar-refractivity contribution < 1.29 is 14.3 Å². The fraction of sp³-hybridized carbons (Fsp3) is 0.667. The highest BCUT2D eigenvalue weighted by Gasteiger charge is 2.39. The molecule has 0 bridgehead atoms. The van der Waals surface area contributed by atoms with Gasteiger partial charge in [0.25, 0.3) is 0 Å². The Morgan fingerprint density at radius 3 is 2.44 bits per heavy atom. The van der Waals surface area contributed by atoms with Gasteiger partial charge >= 0.3 is 6.09 Å². The number of nitrogens with two attached hydrogens (primary N) is 1. The van der Waals surface area contributed by atoms with Crippen LogP contribution in [-0.4, -0.2) is 18.5 Å². The van der Waals surface area contributed by atoms with E-state index in [1.54, 1.807) is 6.92 Å². The normalized spacial score (nSPS) is 25.4. The number of carbonyl (C=O) groups is 2. The number of ketones is 1. The molecule has 0 spiro atoms. The molecule has 0 fully saturated rings. The van der Waals surface area contributed by atoms with Crippen molar-refractivity contribution in [2.45, 2.75) is 40.0 Å². The van der Waals surface area contributed by atoms with Gasteiger partial charge in [-0.3, -0.25) is 4.79 Å². The molecule has 0 aromatic carbocycles. The van der Waals surface area contributed by atoms with Crippen molar-refractivity contribution in [1.82, 2.24) is 0 Å². The standard InChI is InChI=1S/C12H19NO3/c1-8-4-5-12(10(3)14,6-9(8)2)7-16-11(13)15/h4-7H2,1-3H3,(H2,13,15). The van der Waals surface area contributed by atoms with Gasteiger partial charge in [-0.25, -0.2) is 4.79 Å². The second kappa shape index (κ2) is 4.68. The predicted octanol–water partition coefficient (Wildman–Crippen LogP) is 2.18. The first-order valence-electron chi connectivity index (χ1n) is 5.46. The van der Waals surface area contributed by atoms with Crippen LogP contribution in [-0.2, 0) is 9.53 Å². The largest absolute Gasteiger partial charge is 0.449 e. The SMILES string of the molecule is CC(=O)C1(COC(N)=O)CCC(C)=C(C)C1. The van der Waals surface area contributed by atoms with E-state index < -0.39 is 11.5 Å². The summed E-state index contributed by atoms with van der Waals surface area (Å²) >= 11 is 0. The Morgan fingerprint density at radius 2 is 2.00 bits per heavy atom. The van der Waals surface area contributed by atoms with Gasteiger partial charge in [-0.05, 0) is 40.0 Å². The summed E-state index contributed by atoms with van der Waals surface area (Å²) in [6.45, 7) is 5.76. The van der Waals surface area contributed by atoms with Crippen molar-refractivity contribution in [2.75, 3.05) is 6.61 Å². The molecule has 1 unspecified atom stereocenters. The molecule has 0 saturated heterocycles. The third-order valence-corrected chi connectivity index (χ3v) is 3.55. The Hall–Kier alpha value is -1.32. The first kappa shape index (κ1) is 12.7. The maximum Gasteiger partial charge on any atom is 0.404 e. The van der Waals surface area contributed by atoms with E-state index in [0.717, 1.165) is 12.8 Å². The van der Waals surface area contributed by atoms with Gasteiger partial charge in [-0.2, -0.15) is 0 Å².